The maximum Gasteiger partial charge on any atom is 0.340 e. The zero-order chi connectivity index (χ0) is 81.0. The predicted octanol–water partition coefficient (Wildman–Crippen LogP) is 9.21. The second-order valence-electron chi connectivity index (χ2n) is 33.1. The Labute approximate surface area is 649 Å². The van der Waals surface area contributed by atoms with E-state index in [-0.39, 0.29) is 98.2 Å². The van der Waals surface area contributed by atoms with Gasteiger partial charge in [0.25, 0.3) is 11.7 Å². The van der Waals surface area contributed by atoms with Crippen molar-refractivity contribution in [1.29, 1.82) is 0 Å². The van der Waals surface area contributed by atoms with Gasteiger partial charge in [0.2, 0.25) is 11.6 Å². The number of methoxy groups -OCH3 is 4. The van der Waals surface area contributed by atoms with Gasteiger partial charge in [0.05, 0.1) is 48.7 Å². The van der Waals surface area contributed by atoms with Crippen LogP contribution >= 0.6 is 0 Å². The summed E-state index contributed by atoms with van der Waals surface area (Å²) < 4.78 is 60.3. The van der Waals surface area contributed by atoms with Crippen LogP contribution in [0, 0.1) is 52.3 Å². The average Bonchev–Trinajstić information content (AvgIpc) is 1.08. The van der Waals surface area contributed by atoms with Crippen LogP contribution in [-0.4, -0.2) is 238 Å². The molecule has 612 valence electrons. The highest BCUT2D eigenvalue weighted by atomic mass is 16.6. The first-order valence-electron chi connectivity index (χ1n) is 39.5. The predicted molar refractivity (Wildman–Crippen MR) is 405 cm³/mol. The fraction of sp³-hybridized carbons (Fsp3) is 0.714. The number of ether oxygens (including phenoxy) is 10. The quantitative estimate of drug-likeness (QED) is 0.0356. The third-order valence-electron chi connectivity index (χ3n) is 24.6. The lowest BCUT2D eigenvalue weighted by Crippen LogP contribution is -2.61. The Morgan fingerprint density at radius 1 is 0.782 bits per heavy atom. The van der Waals surface area contributed by atoms with Crippen LogP contribution in [0.5, 0.6) is 0 Å². The number of fused-ring (bicyclic) bond motifs is 7. The van der Waals surface area contributed by atoms with Crippen molar-refractivity contribution in [2.24, 2.45) is 52.3 Å². The van der Waals surface area contributed by atoms with Gasteiger partial charge < -0.3 is 77.4 Å². The number of hydrogen-bond acceptors (Lipinski definition) is 25. The van der Waals surface area contributed by atoms with E-state index in [9.17, 15) is 63.3 Å². The normalized spacial score (nSPS) is 37.0. The Balaban J connectivity index is 0.960. The van der Waals surface area contributed by atoms with E-state index in [0.717, 1.165) is 23.4 Å². The highest BCUT2D eigenvalue weighted by Crippen LogP contribution is 2.64. The van der Waals surface area contributed by atoms with Crippen molar-refractivity contribution in [3.63, 3.8) is 0 Å². The van der Waals surface area contributed by atoms with Gasteiger partial charge in [0.15, 0.2) is 11.5 Å². The smallest absolute Gasteiger partial charge is 0.340 e. The Morgan fingerprint density at radius 3 is 2.15 bits per heavy atom. The minimum absolute atomic E-state index is 0.00527. The number of aliphatic hydroxyl groups excluding tert-OH is 2. The van der Waals surface area contributed by atoms with E-state index in [4.69, 9.17) is 47.4 Å². The van der Waals surface area contributed by atoms with E-state index in [1.165, 1.54) is 28.3 Å². The number of ketones is 4. The number of hydrogen-bond donors (Lipinski definition) is 3. The molecular formula is C84H123N3O23. The molecule has 2 saturated carbocycles. The molecule has 5 fully saturated rings. The van der Waals surface area contributed by atoms with Crippen LogP contribution in [0.25, 0.3) is 0 Å². The van der Waals surface area contributed by atoms with Gasteiger partial charge in [-0.1, -0.05) is 78.0 Å². The third kappa shape index (κ3) is 20.3. The summed E-state index contributed by atoms with van der Waals surface area (Å²) in [6, 6.07) is -1.26. The number of Topliss-reactive ketones (excluding diaryl/α,β-unsaturated/α-hetero) is 4. The maximum absolute atomic E-state index is 14.9. The molecule has 0 spiro atoms. The molecule has 3 saturated heterocycles. The van der Waals surface area contributed by atoms with Gasteiger partial charge in [-0.25, -0.2) is 9.59 Å². The fourth-order valence-electron chi connectivity index (χ4n) is 18.3. The molecule has 0 radical (unpaired) electrons. The number of nitrogens with zero attached hydrogens (tertiary/aromatic N) is 3. The summed E-state index contributed by atoms with van der Waals surface area (Å²) in [6.45, 7) is 18.5. The maximum atomic E-state index is 14.9. The molecule has 21 atom stereocenters. The van der Waals surface area contributed by atoms with Crippen LogP contribution in [-0.2, 0) is 95.3 Å². The first-order chi connectivity index (χ1) is 52.0. The number of piperidine rings is 1. The van der Waals surface area contributed by atoms with Crippen molar-refractivity contribution in [1.82, 2.24) is 14.7 Å². The average molecular weight is 1540 g/mol. The molecule has 2 bridgehead atoms. The number of esters is 5. The van der Waals surface area contributed by atoms with Gasteiger partial charge in [-0.2, -0.15) is 0 Å². The molecule has 26 heteroatoms. The summed E-state index contributed by atoms with van der Waals surface area (Å²) in [5, 5.41) is 36.1. The number of aliphatic hydroxyl groups is 3. The number of amides is 1. The van der Waals surface area contributed by atoms with Crippen molar-refractivity contribution in [3.05, 3.63) is 81.9 Å². The minimum Gasteiger partial charge on any atom is -0.504 e. The van der Waals surface area contributed by atoms with Crippen LogP contribution in [0.1, 0.15) is 185 Å². The lowest BCUT2D eigenvalue weighted by Gasteiger charge is -2.54. The molecule has 8 aliphatic rings. The molecule has 8 rings (SSSR count). The van der Waals surface area contributed by atoms with E-state index in [1.54, 1.807) is 66.0 Å². The molecule has 0 aromatic carbocycles. The number of cyclic esters (lactones) is 2. The Kier molecular flexibility index (Phi) is 31.1. The summed E-state index contributed by atoms with van der Waals surface area (Å²) in [5.41, 5.74) is -0.654. The largest absolute Gasteiger partial charge is 0.504 e. The highest BCUT2D eigenvalue weighted by Gasteiger charge is 2.66. The van der Waals surface area contributed by atoms with Crippen molar-refractivity contribution < 1.29 is 111 Å². The molecule has 0 aromatic heterocycles. The zero-order valence-electron chi connectivity index (χ0n) is 67.8. The first kappa shape index (κ1) is 88.5. The molecule has 26 nitrogen and oxygen atoms in total. The zero-order valence-corrected chi connectivity index (χ0v) is 67.8. The monoisotopic (exact) mass is 1540 g/mol. The van der Waals surface area contributed by atoms with Crippen LogP contribution in [0.15, 0.2) is 81.9 Å². The Hall–Kier alpha value is -7.04. The van der Waals surface area contributed by atoms with Crippen molar-refractivity contribution in [3.8, 4) is 0 Å². The second-order valence-corrected chi connectivity index (χ2v) is 33.1. The molecule has 4 heterocycles. The van der Waals surface area contributed by atoms with Crippen LogP contribution in [0.4, 0.5) is 0 Å². The fourth-order valence-corrected chi connectivity index (χ4v) is 18.3. The van der Waals surface area contributed by atoms with E-state index in [2.05, 4.69) is 0 Å². The first-order valence-corrected chi connectivity index (χ1v) is 39.5. The molecule has 110 heavy (non-hydrogen) atoms. The Morgan fingerprint density at radius 2 is 1.49 bits per heavy atom. The molecule has 4 aliphatic heterocycles. The van der Waals surface area contributed by atoms with E-state index >= 15 is 0 Å². The molecule has 4 aliphatic carbocycles. The standard InChI is InChI=1S/C84H123N3O23/c1-47-24-19-18-20-25-48(2)62(102-15)42-56-29-27-53(7)84(100,110-56)78(96)79(97)87-37-22-21-26-59(87)81(99)107-63(43-60(89)49(3)39-52(6)74(93)77(104-17)73(92)51(5)38-47)50(4)40-55-28-31-61(64(41-55)103-16)106-68(90)33-34-69(91)108-66-32-30-58-70-72(65(105-54(8)88)44-82(58,66)9)83(10)67(46-101-14)109-80(98)57(71(83)76(95)75(70)94)45-86(13)36-23-35-85(11)12/h18-20,24-25,39,45,47,49-51,53,55-56,58-59,61-67,74,77,93,95,100H,21-23,26-38,40-44,46H2,1-17H3/b20-18+,24-19+,48-25+,52-39+,57-45-/t47-,49-,50-,51-,53-,55+,56+,58?,59+,61-,62+,63+,64-,65-,66+,67-,74-,77+,82+,83+,84-/m1/s1. The van der Waals surface area contributed by atoms with Gasteiger partial charge >= 0.3 is 29.8 Å². The van der Waals surface area contributed by atoms with Gasteiger partial charge in [0.1, 0.15) is 54.6 Å². The topological polar surface area (TPSA) is 333 Å². The summed E-state index contributed by atoms with van der Waals surface area (Å²) >= 11 is 0. The number of carbonyl (C=O) groups is 10. The van der Waals surface area contributed by atoms with Gasteiger partial charge in [0, 0.05) is 109 Å². The summed E-state index contributed by atoms with van der Waals surface area (Å²) in [6.07, 6.45) is 8.10. The number of allylic oxidation sites excluding steroid dienone is 7. The van der Waals surface area contributed by atoms with Crippen molar-refractivity contribution >= 4 is 58.9 Å². The lowest BCUT2D eigenvalue weighted by atomic mass is 9.53. The molecule has 1 amide bonds. The van der Waals surface area contributed by atoms with Crippen LogP contribution in [0.2, 0.25) is 0 Å². The van der Waals surface area contributed by atoms with Crippen molar-refractivity contribution in [2.45, 2.75) is 258 Å². The van der Waals surface area contributed by atoms with Gasteiger partial charge in [-0.3, -0.25) is 38.4 Å². The van der Waals surface area contributed by atoms with Gasteiger partial charge in [-0.15, -0.1) is 0 Å². The minimum atomic E-state index is -2.52. The summed E-state index contributed by atoms with van der Waals surface area (Å²) in [7, 11) is 11.5. The van der Waals surface area contributed by atoms with Crippen LogP contribution < -0.4 is 0 Å². The van der Waals surface area contributed by atoms with E-state index in [1.807, 2.05) is 77.1 Å². The van der Waals surface area contributed by atoms with Crippen molar-refractivity contribution in [2.75, 3.05) is 75.8 Å². The Bertz CT molecular complexity index is 3610. The SMILES string of the molecule is COC[C@H]1OC(=O)/C(=C\N(C)CCCN(C)C)C2=C(O)C(=O)C3=C([C@H](OC(C)=O)C[C@@]4(C)C3CC[C@@H]4OC(=O)CCC(=O)O[C@@H]3CC[C@@H](C[C@@H](C)[C@@H]4CC(=O)[C@H](C)/C=C(\C)[C@@H](O)[C@@H](OC)C(=O)[C@H](C)C[C@H](C)/C=C/C=C/C=C(\C)[C@@H](OC)C[C@@H]5CC[C@@H](C)[C@@](O)(O5)C(=O)C(=O)N5CCCC[C@H]5C(=O)O4)C[C@H]3OC)[C@]21C. The summed E-state index contributed by atoms with van der Waals surface area (Å²) in [5.74, 6) is -13.9. The summed E-state index contributed by atoms with van der Waals surface area (Å²) in [4.78, 5) is 147. The van der Waals surface area contributed by atoms with Gasteiger partial charge in [-0.05, 0) is 172 Å². The second kappa shape index (κ2) is 38.7. The van der Waals surface area contributed by atoms with E-state index in [0.29, 0.717) is 81.9 Å². The molecular weight excluding hydrogens is 1420 g/mol. The molecule has 0 aromatic rings. The third-order valence-corrected chi connectivity index (χ3v) is 24.6. The number of rotatable bonds is 19. The lowest BCUT2D eigenvalue weighted by molar-refractivity contribution is -0.265. The highest BCUT2D eigenvalue weighted by molar-refractivity contribution is 6.39. The van der Waals surface area contributed by atoms with E-state index < -0.39 is 166 Å². The molecule has 1 unspecified atom stereocenters. The molecule has 3 N–H and O–H groups in total. The van der Waals surface area contributed by atoms with Crippen LogP contribution in [0.3, 0.4) is 0 Å². The number of carbonyl (C=O) groups excluding carboxylic acids is 10.